The molecule has 2 aromatic heterocycles. The zero-order valence-electron chi connectivity index (χ0n) is 12.7. The predicted octanol–water partition coefficient (Wildman–Crippen LogP) is 3.50. The molecule has 24 heavy (non-hydrogen) atoms. The Morgan fingerprint density at radius 2 is 2.12 bits per heavy atom. The molecule has 0 unspecified atom stereocenters. The minimum Gasteiger partial charge on any atom is -0.328 e. The summed E-state index contributed by atoms with van der Waals surface area (Å²) in [6.07, 6.45) is 3.48. The normalized spacial score (nSPS) is 17.6. The van der Waals surface area contributed by atoms with Gasteiger partial charge in [0.2, 0.25) is 0 Å². The molecule has 1 amide bonds. The van der Waals surface area contributed by atoms with Crippen molar-refractivity contribution in [2.24, 2.45) is 0 Å². The summed E-state index contributed by atoms with van der Waals surface area (Å²) in [7, 11) is 0. The Morgan fingerprint density at radius 1 is 1.25 bits per heavy atom. The van der Waals surface area contributed by atoms with Crippen LogP contribution in [0, 0.1) is 5.82 Å². The lowest BCUT2D eigenvalue weighted by molar-refractivity contribution is 0.0724. The molecule has 3 heterocycles. The van der Waals surface area contributed by atoms with Crippen LogP contribution in [0.4, 0.5) is 4.39 Å². The van der Waals surface area contributed by atoms with Gasteiger partial charge in [-0.1, -0.05) is 17.7 Å². The van der Waals surface area contributed by atoms with Gasteiger partial charge in [0.15, 0.2) is 11.5 Å². The van der Waals surface area contributed by atoms with E-state index in [4.69, 9.17) is 11.6 Å². The lowest BCUT2D eigenvalue weighted by Gasteiger charge is -2.23. The van der Waals surface area contributed by atoms with E-state index in [-0.39, 0.29) is 22.5 Å². The van der Waals surface area contributed by atoms with Crippen molar-refractivity contribution in [3.05, 3.63) is 64.8 Å². The Balaban J connectivity index is 1.71. The molecule has 7 heteroatoms. The van der Waals surface area contributed by atoms with E-state index in [9.17, 15) is 9.18 Å². The quantitative estimate of drug-likeness (QED) is 0.715. The Morgan fingerprint density at radius 3 is 2.96 bits per heavy atom. The topological polar surface area (TPSA) is 50.5 Å². The first-order valence-electron chi connectivity index (χ1n) is 7.71. The van der Waals surface area contributed by atoms with Crippen LogP contribution >= 0.6 is 11.6 Å². The van der Waals surface area contributed by atoms with Crippen LogP contribution in [0.3, 0.4) is 0 Å². The molecule has 1 saturated heterocycles. The Kier molecular flexibility index (Phi) is 3.69. The standard InChI is InChI=1S/C17H14ClFN4O/c18-11-6-7-12(13(19)10-11)17(24)22-9-3-4-14(22)16-21-20-15-5-1-2-8-23(15)16/h1-2,5-8,10,14H,3-4,9H2/t14-/m0/s1. The first-order valence-corrected chi connectivity index (χ1v) is 8.08. The van der Waals surface area contributed by atoms with E-state index in [1.54, 1.807) is 4.90 Å². The molecule has 1 atom stereocenters. The van der Waals surface area contributed by atoms with Gasteiger partial charge < -0.3 is 4.90 Å². The molecular weight excluding hydrogens is 331 g/mol. The Hall–Kier alpha value is -2.47. The average molecular weight is 345 g/mol. The number of pyridine rings is 1. The number of likely N-dealkylation sites (tertiary alicyclic amines) is 1. The molecule has 5 nitrogen and oxygen atoms in total. The molecular formula is C17H14ClFN4O. The van der Waals surface area contributed by atoms with E-state index in [0.717, 1.165) is 24.6 Å². The van der Waals surface area contributed by atoms with Crippen molar-refractivity contribution in [3.63, 3.8) is 0 Å². The van der Waals surface area contributed by atoms with Crippen LogP contribution in [0.15, 0.2) is 42.6 Å². The van der Waals surface area contributed by atoms with E-state index in [0.29, 0.717) is 12.4 Å². The number of fused-ring (bicyclic) bond motifs is 1. The molecule has 3 aromatic rings. The predicted molar refractivity (Wildman–Crippen MR) is 87.4 cm³/mol. The van der Waals surface area contributed by atoms with Crippen molar-refractivity contribution in [2.75, 3.05) is 6.54 Å². The zero-order chi connectivity index (χ0) is 16.7. The summed E-state index contributed by atoms with van der Waals surface area (Å²) < 4.78 is 16.0. The second-order valence-corrected chi connectivity index (χ2v) is 6.20. The van der Waals surface area contributed by atoms with Gasteiger partial charge in [-0.15, -0.1) is 10.2 Å². The Bertz CT molecular complexity index is 926. The van der Waals surface area contributed by atoms with E-state index in [2.05, 4.69) is 10.2 Å². The number of hydrogen-bond acceptors (Lipinski definition) is 3. The first-order chi connectivity index (χ1) is 11.6. The van der Waals surface area contributed by atoms with Gasteiger partial charge in [-0.3, -0.25) is 9.20 Å². The van der Waals surface area contributed by atoms with Gasteiger partial charge in [0, 0.05) is 17.8 Å². The first kappa shape index (κ1) is 15.1. The van der Waals surface area contributed by atoms with Crippen LogP contribution in [-0.4, -0.2) is 31.9 Å². The summed E-state index contributed by atoms with van der Waals surface area (Å²) in [6.45, 7) is 0.563. The second kappa shape index (κ2) is 5.87. The third kappa shape index (κ3) is 2.43. The third-order valence-electron chi connectivity index (χ3n) is 4.31. The van der Waals surface area contributed by atoms with Gasteiger partial charge in [0.1, 0.15) is 5.82 Å². The molecule has 1 aliphatic rings. The highest BCUT2D eigenvalue weighted by atomic mass is 35.5. The summed E-state index contributed by atoms with van der Waals surface area (Å²) >= 11 is 5.77. The van der Waals surface area contributed by atoms with Gasteiger partial charge in [-0.2, -0.15) is 0 Å². The summed E-state index contributed by atoms with van der Waals surface area (Å²) in [5.41, 5.74) is 0.754. The number of aromatic nitrogens is 3. The highest BCUT2D eigenvalue weighted by molar-refractivity contribution is 6.30. The highest BCUT2D eigenvalue weighted by Crippen LogP contribution is 2.33. The fourth-order valence-corrected chi connectivity index (χ4v) is 3.34. The lowest BCUT2D eigenvalue weighted by atomic mass is 10.1. The van der Waals surface area contributed by atoms with Crippen molar-refractivity contribution < 1.29 is 9.18 Å². The maximum absolute atomic E-state index is 14.1. The van der Waals surface area contributed by atoms with Gasteiger partial charge in [0.25, 0.3) is 5.91 Å². The van der Waals surface area contributed by atoms with Crippen LogP contribution < -0.4 is 0 Å². The largest absolute Gasteiger partial charge is 0.328 e. The van der Waals surface area contributed by atoms with Crippen molar-refractivity contribution in [1.29, 1.82) is 0 Å². The van der Waals surface area contributed by atoms with Crippen LogP contribution in [0.2, 0.25) is 5.02 Å². The van der Waals surface area contributed by atoms with Crippen LogP contribution in [0.5, 0.6) is 0 Å². The fraction of sp³-hybridized carbons (Fsp3) is 0.235. The van der Waals surface area contributed by atoms with Crippen LogP contribution in [-0.2, 0) is 0 Å². The molecule has 1 aromatic carbocycles. The lowest BCUT2D eigenvalue weighted by Crippen LogP contribution is -2.32. The molecule has 0 bridgehead atoms. The zero-order valence-corrected chi connectivity index (χ0v) is 13.4. The maximum Gasteiger partial charge on any atom is 0.257 e. The molecule has 0 N–H and O–H groups in total. The molecule has 0 radical (unpaired) electrons. The number of benzene rings is 1. The highest BCUT2D eigenvalue weighted by Gasteiger charge is 2.34. The minimum absolute atomic E-state index is 0.0279. The third-order valence-corrected chi connectivity index (χ3v) is 4.55. The SMILES string of the molecule is O=C(c1ccc(Cl)cc1F)N1CCC[C@H]1c1nnc2ccccn12. The van der Waals surface area contributed by atoms with Gasteiger partial charge in [-0.25, -0.2) is 4.39 Å². The number of carbonyl (C=O) groups excluding carboxylic acids is 1. The monoisotopic (exact) mass is 344 g/mol. The second-order valence-electron chi connectivity index (χ2n) is 5.77. The van der Waals surface area contributed by atoms with E-state index in [1.165, 1.54) is 12.1 Å². The molecule has 0 spiro atoms. The maximum atomic E-state index is 14.1. The van der Waals surface area contributed by atoms with Gasteiger partial charge in [-0.05, 0) is 43.2 Å². The molecule has 0 aliphatic carbocycles. The van der Waals surface area contributed by atoms with E-state index < -0.39 is 5.82 Å². The van der Waals surface area contributed by atoms with Crippen LogP contribution in [0.1, 0.15) is 35.1 Å². The van der Waals surface area contributed by atoms with Gasteiger partial charge in [0.05, 0.1) is 11.6 Å². The Labute approximate surface area is 142 Å². The number of amides is 1. The van der Waals surface area contributed by atoms with Gasteiger partial charge >= 0.3 is 0 Å². The number of hydrogen-bond donors (Lipinski definition) is 0. The minimum atomic E-state index is -0.607. The van der Waals surface area contributed by atoms with Crippen molar-refractivity contribution in [2.45, 2.75) is 18.9 Å². The number of rotatable bonds is 2. The number of nitrogens with zero attached hydrogens (tertiary/aromatic N) is 4. The summed E-state index contributed by atoms with van der Waals surface area (Å²) in [5, 5.41) is 8.66. The fourth-order valence-electron chi connectivity index (χ4n) is 3.18. The number of carbonyl (C=O) groups is 1. The number of halogens is 2. The molecule has 0 saturated carbocycles. The van der Waals surface area contributed by atoms with Crippen LogP contribution in [0.25, 0.3) is 5.65 Å². The molecule has 1 aliphatic heterocycles. The van der Waals surface area contributed by atoms with E-state index in [1.807, 2.05) is 28.8 Å². The molecule has 4 rings (SSSR count). The average Bonchev–Trinajstić information content (AvgIpc) is 3.20. The molecule has 122 valence electrons. The van der Waals surface area contributed by atoms with Crippen molar-refractivity contribution in [1.82, 2.24) is 19.5 Å². The molecule has 1 fully saturated rings. The van der Waals surface area contributed by atoms with Crippen molar-refractivity contribution >= 4 is 23.2 Å². The summed E-state index contributed by atoms with van der Waals surface area (Å²) in [4.78, 5) is 14.5. The van der Waals surface area contributed by atoms with E-state index >= 15 is 0 Å². The summed E-state index contributed by atoms with van der Waals surface area (Å²) in [6, 6.07) is 9.52. The smallest absolute Gasteiger partial charge is 0.257 e. The summed E-state index contributed by atoms with van der Waals surface area (Å²) in [5.74, 6) is -0.255. The van der Waals surface area contributed by atoms with Crippen molar-refractivity contribution in [3.8, 4) is 0 Å².